The molecule has 146 valence electrons. The number of nitrogens with one attached hydrogen (secondary N) is 1. The number of aromatic nitrogens is 1. The lowest BCUT2D eigenvalue weighted by atomic mass is 10.2. The first-order chi connectivity index (χ1) is 12.9. The summed E-state index contributed by atoms with van der Waals surface area (Å²) in [6, 6.07) is 6.09. The van der Waals surface area contributed by atoms with Crippen molar-refractivity contribution in [2.24, 2.45) is 0 Å². The van der Waals surface area contributed by atoms with Gasteiger partial charge in [0.15, 0.2) is 5.13 Å². The molecule has 0 aliphatic carbocycles. The van der Waals surface area contributed by atoms with Crippen LogP contribution in [0.4, 0.5) is 5.13 Å². The Morgan fingerprint density at radius 3 is 2.37 bits per heavy atom. The zero-order chi connectivity index (χ0) is 19.4. The minimum atomic E-state index is -3.78. The third-order valence-electron chi connectivity index (χ3n) is 4.48. The highest BCUT2D eigenvalue weighted by Gasteiger charge is 2.24. The van der Waals surface area contributed by atoms with Gasteiger partial charge in [-0.15, -0.1) is 0 Å². The zero-order valence-corrected chi connectivity index (χ0v) is 17.0. The molecule has 0 saturated carbocycles. The molecule has 0 spiro atoms. The third kappa shape index (κ3) is 4.59. The van der Waals surface area contributed by atoms with Gasteiger partial charge in [0.25, 0.3) is 15.9 Å². The van der Waals surface area contributed by atoms with Crippen LogP contribution in [0.25, 0.3) is 0 Å². The molecule has 27 heavy (non-hydrogen) atoms. The van der Waals surface area contributed by atoms with Gasteiger partial charge in [0, 0.05) is 13.1 Å². The maximum atomic E-state index is 12.8. The van der Waals surface area contributed by atoms with E-state index in [2.05, 4.69) is 9.71 Å². The molecule has 1 aliphatic heterocycles. The van der Waals surface area contributed by atoms with Crippen LogP contribution in [-0.4, -0.2) is 44.4 Å². The normalized spacial score (nSPS) is 15.3. The Hall–Kier alpha value is -2.13. The van der Waals surface area contributed by atoms with Crippen LogP contribution in [0.1, 0.15) is 41.0 Å². The fourth-order valence-corrected chi connectivity index (χ4v) is 5.15. The lowest BCUT2D eigenvalue weighted by Gasteiger charge is -2.19. The average Bonchev–Trinajstić information content (AvgIpc) is 2.86. The van der Waals surface area contributed by atoms with E-state index in [4.69, 9.17) is 4.74 Å². The van der Waals surface area contributed by atoms with Crippen LogP contribution in [-0.2, 0) is 10.0 Å². The standard InChI is InChI=1S/C18H23N3O4S2/c1-13-16(17(22)21-11-5-3-4-6-12-21)26-18(19-13)20-27(23,24)15-9-7-14(25-2)8-10-15/h7-10H,3-6,11-12H2,1-2H3,(H,19,20). The fourth-order valence-electron chi connectivity index (χ4n) is 2.98. The minimum absolute atomic E-state index is 0.0678. The summed E-state index contributed by atoms with van der Waals surface area (Å²) in [6.07, 6.45) is 4.28. The van der Waals surface area contributed by atoms with Gasteiger partial charge in [-0.25, -0.2) is 13.4 Å². The highest BCUT2D eigenvalue weighted by Crippen LogP contribution is 2.27. The Bertz CT molecular complexity index is 899. The summed E-state index contributed by atoms with van der Waals surface area (Å²) < 4.78 is 32.6. The van der Waals surface area contributed by atoms with E-state index in [9.17, 15) is 13.2 Å². The molecule has 0 atom stereocenters. The molecule has 1 aromatic heterocycles. The molecule has 1 amide bonds. The van der Waals surface area contributed by atoms with Gasteiger partial charge in [-0.05, 0) is 44.0 Å². The maximum Gasteiger partial charge on any atom is 0.265 e. The molecule has 1 aliphatic rings. The summed E-state index contributed by atoms with van der Waals surface area (Å²) in [5.74, 6) is 0.506. The topological polar surface area (TPSA) is 88.6 Å². The van der Waals surface area contributed by atoms with Crippen molar-refractivity contribution in [1.29, 1.82) is 0 Å². The summed E-state index contributed by atoms with van der Waals surface area (Å²) in [5.41, 5.74) is 0.543. The summed E-state index contributed by atoms with van der Waals surface area (Å²) in [5, 5.41) is 0.196. The molecule has 9 heteroatoms. The van der Waals surface area contributed by atoms with Gasteiger partial charge in [-0.2, -0.15) is 0 Å². The molecule has 2 heterocycles. The van der Waals surface area contributed by atoms with Gasteiger partial charge in [0.1, 0.15) is 10.6 Å². The molecule has 0 unspecified atom stereocenters. The van der Waals surface area contributed by atoms with Crippen LogP contribution in [0.3, 0.4) is 0 Å². The largest absolute Gasteiger partial charge is 0.497 e. The minimum Gasteiger partial charge on any atom is -0.497 e. The van der Waals surface area contributed by atoms with E-state index >= 15 is 0 Å². The maximum absolute atomic E-state index is 12.8. The molecular formula is C18H23N3O4S2. The van der Waals surface area contributed by atoms with Gasteiger partial charge < -0.3 is 9.64 Å². The molecule has 1 fully saturated rings. The van der Waals surface area contributed by atoms with E-state index in [1.54, 1.807) is 19.1 Å². The number of amides is 1. The number of nitrogens with zero attached hydrogens (tertiary/aromatic N) is 2. The number of aryl methyl sites for hydroxylation is 1. The second-order valence-electron chi connectivity index (χ2n) is 6.42. The van der Waals surface area contributed by atoms with Crippen molar-refractivity contribution in [3.63, 3.8) is 0 Å². The Balaban J connectivity index is 1.77. The molecule has 3 rings (SSSR count). The van der Waals surface area contributed by atoms with Gasteiger partial charge in [0.2, 0.25) is 0 Å². The predicted molar refractivity (Wildman–Crippen MR) is 105 cm³/mol. The van der Waals surface area contributed by atoms with Crippen LogP contribution in [0, 0.1) is 6.92 Å². The monoisotopic (exact) mass is 409 g/mol. The average molecular weight is 410 g/mol. The number of likely N-dealkylation sites (tertiary alicyclic amines) is 1. The number of thiazole rings is 1. The number of carbonyl (C=O) groups is 1. The fraction of sp³-hybridized carbons (Fsp3) is 0.444. The van der Waals surface area contributed by atoms with E-state index < -0.39 is 10.0 Å². The van der Waals surface area contributed by atoms with Crippen molar-refractivity contribution < 1.29 is 17.9 Å². The first-order valence-corrected chi connectivity index (χ1v) is 11.1. The van der Waals surface area contributed by atoms with Crippen molar-refractivity contribution in [2.45, 2.75) is 37.5 Å². The van der Waals surface area contributed by atoms with Crippen LogP contribution in [0.15, 0.2) is 29.2 Å². The predicted octanol–water partition coefficient (Wildman–Crippen LogP) is 3.28. The number of methoxy groups -OCH3 is 1. The summed E-state index contributed by atoms with van der Waals surface area (Å²) in [7, 11) is -2.26. The molecule has 0 radical (unpaired) electrons. The molecule has 1 N–H and O–H groups in total. The van der Waals surface area contributed by atoms with Gasteiger partial charge in [0.05, 0.1) is 17.7 Å². The van der Waals surface area contributed by atoms with Crippen molar-refractivity contribution in [1.82, 2.24) is 9.88 Å². The number of ether oxygens (including phenoxy) is 1. The van der Waals surface area contributed by atoms with E-state index in [1.807, 2.05) is 4.90 Å². The summed E-state index contributed by atoms with van der Waals surface area (Å²) >= 11 is 1.08. The van der Waals surface area contributed by atoms with E-state index in [1.165, 1.54) is 19.2 Å². The van der Waals surface area contributed by atoms with Crippen LogP contribution in [0.5, 0.6) is 5.75 Å². The third-order valence-corrected chi connectivity index (χ3v) is 7.02. The zero-order valence-electron chi connectivity index (χ0n) is 15.4. The first-order valence-electron chi connectivity index (χ1n) is 8.84. The second kappa shape index (κ2) is 8.26. The molecule has 2 aromatic rings. The first kappa shape index (κ1) is 19.6. The van der Waals surface area contributed by atoms with Crippen molar-refractivity contribution in [3.05, 3.63) is 34.8 Å². The number of rotatable bonds is 5. The molecule has 7 nitrogen and oxygen atoms in total. The van der Waals surface area contributed by atoms with Gasteiger partial charge >= 0.3 is 0 Å². The lowest BCUT2D eigenvalue weighted by Crippen LogP contribution is -2.31. The van der Waals surface area contributed by atoms with Gasteiger partial charge in [-0.3, -0.25) is 9.52 Å². The summed E-state index contributed by atoms with van der Waals surface area (Å²) in [4.78, 5) is 19.5. The SMILES string of the molecule is COc1ccc(S(=O)(=O)Nc2nc(C)c(C(=O)N3CCCCCC3)s2)cc1. The Morgan fingerprint density at radius 1 is 1.15 bits per heavy atom. The molecule has 1 saturated heterocycles. The second-order valence-corrected chi connectivity index (χ2v) is 9.10. The van der Waals surface area contributed by atoms with E-state index in [0.29, 0.717) is 16.3 Å². The number of sulfonamides is 1. The molecular weight excluding hydrogens is 386 g/mol. The lowest BCUT2D eigenvalue weighted by molar-refractivity contribution is 0.0765. The van der Waals surface area contributed by atoms with Gasteiger partial charge in [-0.1, -0.05) is 24.2 Å². The smallest absolute Gasteiger partial charge is 0.265 e. The highest BCUT2D eigenvalue weighted by atomic mass is 32.2. The molecule has 0 bridgehead atoms. The highest BCUT2D eigenvalue weighted by molar-refractivity contribution is 7.93. The Kier molecular flexibility index (Phi) is 6.01. The quantitative estimate of drug-likeness (QED) is 0.819. The molecule has 1 aromatic carbocycles. The van der Waals surface area contributed by atoms with Crippen molar-refractivity contribution in [2.75, 3.05) is 24.9 Å². The van der Waals surface area contributed by atoms with Crippen LogP contribution in [0.2, 0.25) is 0 Å². The van der Waals surface area contributed by atoms with Crippen molar-refractivity contribution >= 4 is 32.4 Å². The van der Waals surface area contributed by atoms with Crippen LogP contribution < -0.4 is 9.46 Å². The number of anilines is 1. The van der Waals surface area contributed by atoms with Crippen LogP contribution >= 0.6 is 11.3 Å². The number of hydrogen-bond donors (Lipinski definition) is 1. The number of benzene rings is 1. The van der Waals surface area contributed by atoms with E-state index in [-0.39, 0.29) is 15.9 Å². The number of carbonyl (C=O) groups excluding carboxylic acids is 1. The summed E-state index contributed by atoms with van der Waals surface area (Å²) in [6.45, 7) is 3.21. The van der Waals surface area contributed by atoms with E-state index in [0.717, 1.165) is 50.1 Å². The Morgan fingerprint density at radius 2 is 1.78 bits per heavy atom. The Labute approximate surface area is 163 Å². The number of hydrogen-bond acceptors (Lipinski definition) is 6. The van der Waals surface area contributed by atoms with Crippen molar-refractivity contribution in [3.8, 4) is 5.75 Å².